The fourth-order valence-electron chi connectivity index (χ4n) is 4.04. The fraction of sp³-hybridized carbons (Fsp3) is 0.567. The molecule has 0 aromatic heterocycles. The normalized spacial score (nSPS) is 15.1. The monoisotopic (exact) mass is 519 g/mol. The zero-order valence-corrected chi connectivity index (χ0v) is 24.7. The van der Waals surface area contributed by atoms with Crippen LogP contribution in [0.25, 0.3) is 0 Å². The van der Waals surface area contributed by atoms with E-state index < -0.39 is 5.97 Å². The lowest BCUT2D eigenvalue weighted by Crippen LogP contribution is -2.40. The van der Waals surface area contributed by atoms with Crippen molar-refractivity contribution in [2.75, 3.05) is 6.54 Å². The summed E-state index contributed by atoms with van der Waals surface area (Å²) in [7, 11) is 0. The van der Waals surface area contributed by atoms with Crippen LogP contribution in [0.4, 0.5) is 4.39 Å². The number of halogens is 1. The Balaban J connectivity index is 0. The number of benzene rings is 1. The number of hydrogen-bond donors (Lipinski definition) is 3. The van der Waals surface area contributed by atoms with E-state index in [9.17, 15) is 14.0 Å². The van der Waals surface area contributed by atoms with E-state index in [-0.39, 0.29) is 36.2 Å². The van der Waals surface area contributed by atoms with E-state index >= 15 is 0 Å². The highest BCUT2D eigenvalue weighted by atomic mass is 19.1. The zero-order chi connectivity index (χ0) is 29.2. The topological polar surface area (TPSA) is 90.8 Å². The fourth-order valence-corrected chi connectivity index (χ4v) is 4.04. The molecular formula is C30H50FN3O3. The molecule has 2 rings (SSSR count). The maximum absolute atomic E-state index is 13.1. The summed E-state index contributed by atoms with van der Waals surface area (Å²) in [5, 5.41) is 14.7. The number of rotatable bonds is 10. The molecule has 0 radical (unpaired) electrons. The molecule has 1 saturated carbocycles. The van der Waals surface area contributed by atoms with Gasteiger partial charge in [0, 0.05) is 17.8 Å². The summed E-state index contributed by atoms with van der Waals surface area (Å²) in [5.74, 6) is -0.733. The molecule has 6 nitrogen and oxygen atoms in total. The molecule has 1 unspecified atom stereocenters. The SMILES string of the molecule is C=C(/N=C(C)/C=C(\C)F)NC(c1ccc(C(=O)NCCC(=O)O)cc1)C1CC(C)(C)C1.CC.CC.CC. The van der Waals surface area contributed by atoms with E-state index in [0.717, 1.165) is 18.4 Å². The number of aliphatic imine (C=N–C) groups is 1. The maximum atomic E-state index is 13.1. The van der Waals surface area contributed by atoms with Crippen LogP contribution in [-0.2, 0) is 4.79 Å². The highest BCUT2D eigenvalue weighted by Gasteiger charge is 2.41. The summed E-state index contributed by atoms with van der Waals surface area (Å²) in [6, 6.07) is 7.22. The van der Waals surface area contributed by atoms with Gasteiger partial charge in [-0.2, -0.15) is 0 Å². The van der Waals surface area contributed by atoms with Crippen LogP contribution in [0.3, 0.4) is 0 Å². The van der Waals surface area contributed by atoms with Crippen molar-refractivity contribution in [3.63, 3.8) is 0 Å². The van der Waals surface area contributed by atoms with Crippen molar-refractivity contribution in [1.82, 2.24) is 10.6 Å². The zero-order valence-electron chi connectivity index (χ0n) is 24.7. The average molecular weight is 520 g/mol. The van der Waals surface area contributed by atoms with E-state index in [4.69, 9.17) is 5.11 Å². The predicted octanol–water partition coefficient (Wildman–Crippen LogP) is 7.84. The molecule has 1 amide bonds. The first-order chi connectivity index (χ1) is 17.5. The molecule has 0 aliphatic heterocycles. The maximum Gasteiger partial charge on any atom is 0.305 e. The largest absolute Gasteiger partial charge is 0.481 e. The summed E-state index contributed by atoms with van der Waals surface area (Å²) < 4.78 is 13.1. The average Bonchev–Trinajstić information content (AvgIpc) is 2.84. The molecule has 0 spiro atoms. The summed E-state index contributed by atoms with van der Waals surface area (Å²) in [4.78, 5) is 27.1. The van der Waals surface area contributed by atoms with Crippen LogP contribution >= 0.6 is 0 Å². The van der Waals surface area contributed by atoms with E-state index in [0.29, 0.717) is 23.0 Å². The van der Waals surface area contributed by atoms with Crippen molar-refractivity contribution in [1.29, 1.82) is 0 Å². The van der Waals surface area contributed by atoms with Gasteiger partial charge in [-0.15, -0.1) is 0 Å². The molecule has 1 aromatic carbocycles. The third kappa shape index (κ3) is 14.4. The molecule has 1 aromatic rings. The van der Waals surface area contributed by atoms with E-state index in [2.05, 4.69) is 36.1 Å². The number of hydrogen-bond acceptors (Lipinski definition) is 4. The van der Waals surface area contributed by atoms with Gasteiger partial charge in [-0.1, -0.05) is 74.1 Å². The molecule has 1 aliphatic rings. The minimum Gasteiger partial charge on any atom is -0.481 e. The van der Waals surface area contributed by atoms with Crippen LogP contribution in [0.5, 0.6) is 0 Å². The standard InChI is InChI=1S/C24H32FN3O3.3C2H6/c1-15(25)12-16(2)27-17(3)28-22(20-13-24(4,5)14-20)18-6-8-19(9-7-18)23(31)26-11-10-21(29)30;3*1-2/h6-9,12,20,22,28H,3,10-11,13-14H2,1-2,4-5H3,(H,26,31)(H,29,30);3*1-2H3/b15-12+,27-16+;;;. The molecule has 3 N–H and O–H groups in total. The second-order valence-corrected chi connectivity index (χ2v) is 8.91. The van der Waals surface area contributed by atoms with Crippen molar-refractivity contribution in [2.45, 2.75) is 94.5 Å². The molecule has 37 heavy (non-hydrogen) atoms. The Morgan fingerprint density at radius 1 is 1.11 bits per heavy atom. The summed E-state index contributed by atoms with van der Waals surface area (Å²) in [5.41, 5.74) is 2.29. The molecule has 0 heterocycles. The molecule has 210 valence electrons. The van der Waals surface area contributed by atoms with Crippen molar-refractivity contribution in [2.24, 2.45) is 16.3 Å². The molecule has 7 heteroatoms. The first-order valence-corrected chi connectivity index (χ1v) is 13.4. The van der Waals surface area contributed by atoms with Crippen LogP contribution in [0.1, 0.15) is 110 Å². The lowest BCUT2D eigenvalue weighted by molar-refractivity contribution is -0.136. The highest BCUT2D eigenvalue weighted by Crippen LogP contribution is 2.50. The van der Waals surface area contributed by atoms with E-state index in [1.54, 1.807) is 19.1 Å². The molecule has 0 bridgehead atoms. The number of aliphatic carboxylic acids is 1. The molecule has 1 fully saturated rings. The molecular weight excluding hydrogens is 469 g/mol. The number of carbonyl (C=O) groups excluding carboxylic acids is 1. The van der Waals surface area contributed by atoms with Gasteiger partial charge in [-0.25, -0.2) is 9.38 Å². The van der Waals surface area contributed by atoms with Gasteiger partial charge in [-0.3, -0.25) is 9.59 Å². The van der Waals surface area contributed by atoms with Crippen LogP contribution in [0.15, 0.2) is 53.6 Å². The number of nitrogens with zero attached hydrogens (tertiary/aromatic N) is 1. The van der Waals surface area contributed by atoms with Gasteiger partial charge in [-0.05, 0) is 61.8 Å². The molecule has 1 aliphatic carbocycles. The number of allylic oxidation sites excluding steroid dienone is 2. The second-order valence-electron chi connectivity index (χ2n) is 8.91. The lowest BCUT2D eigenvalue weighted by Gasteiger charge is -2.47. The Hall–Kier alpha value is -2.96. The predicted molar refractivity (Wildman–Crippen MR) is 155 cm³/mol. The first kappa shape index (κ1) is 36.2. The summed E-state index contributed by atoms with van der Waals surface area (Å²) in [6.07, 6.45) is 3.32. The van der Waals surface area contributed by atoms with Crippen molar-refractivity contribution in [3.05, 3.63) is 59.7 Å². The third-order valence-corrected chi connectivity index (χ3v) is 5.30. The number of amides is 1. The Morgan fingerprint density at radius 2 is 1.62 bits per heavy atom. The van der Waals surface area contributed by atoms with Crippen molar-refractivity contribution in [3.8, 4) is 0 Å². The second kappa shape index (κ2) is 19.2. The highest BCUT2D eigenvalue weighted by molar-refractivity contribution is 5.94. The van der Waals surface area contributed by atoms with Crippen LogP contribution in [-0.4, -0.2) is 29.2 Å². The number of carbonyl (C=O) groups is 2. The van der Waals surface area contributed by atoms with Gasteiger partial charge >= 0.3 is 5.97 Å². The van der Waals surface area contributed by atoms with Gasteiger partial charge in [0.25, 0.3) is 5.91 Å². The number of carboxylic acid groups (broad SMARTS) is 1. The van der Waals surface area contributed by atoms with Crippen molar-refractivity contribution >= 4 is 17.6 Å². The minimum atomic E-state index is -0.955. The Morgan fingerprint density at radius 3 is 2.05 bits per heavy atom. The van der Waals surface area contributed by atoms with Gasteiger partial charge in [0.05, 0.1) is 18.3 Å². The Bertz CT molecular complexity index is 878. The van der Waals surface area contributed by atoms with Crippen molar-refractivity contribution < 1.29 is 19.1 Å². The molecule has 0 saturated heterocycles. The first-order valence-electron chi connectivity index (χ1n) is 13.4. The quantitative estimate of drug-likeness (QED) is 0.275. The lowest BCUT2D eigenvalue weighted by atomic mass is 9.61. The van der Waals surface area contributed by atoms with Crippen LogP contribution < -0.4 is 10.6 Å². The van der Waals surface area contributed by atoms with E-state index in [1.807, 2.05) is 53.7 Å². The smallest absolute Gasteiger partial charge is 0.305 e. The van der Waals surface area contributed by atoms with E-state index in [1.165, 1.54) is 13.0 Å². The Kier molecular flexibility index (Phi) is 18.8. The van der Waals surface area contributed by atoms with Gasteiger partial charge in [0.15, 0.2) is 0 Å². The van der Waals surface area contributed by atoms with Gasteiger partial charge < -0.3 is 15.7 Å². The summed E-state index contributed by atoms with van der Waals surface area (Å²) in [6.45, 7) is 23.6. The number of carboxylic acids is 1. The third-order valence-electron chi connectivity index (χ3n) is 5.30. The van der Waals surface area contributed by atoms with Gasteiger partial charge in [0.1, 0.15) is 5.82 Å². The molecule has 1 atom stereocenters. The van der Waals surface area contributed by atoms with Crippen LogP contribution in [0, 0.1) is 11.3 Å². The number of nitrogens with one attached hydrogen (secondary N) is 2. The minimum absolute atomic E-state index is 0.0309. The summed E-state index contributed by atoms with van der Waals surface area (Å²) >= 11 is 0. The Labute approximate surface area is 224 Å². The van der Waals surface area contributed by atoms with Crippen LogP contribution in [0.2, 0.25) is 0 Å². The van der Waals surface area contributed by atoms with Gasteiger partial charge in [0.2, 0.25) is 0 Å².